The first-order valence-electron chi connectivity index (χ1n) is 13.6. The van der Waals surface area contributed by atoms with Crippen LogP contribution in [0.3, 0.4) is 0 Å². The molecule has 9 nitrogen and oxygen atoms in total. The third-order valence-corrected chi connectivity index (χ3v) is 7.69. The minimum absolute atomic E-state index is 0.289. The van der Waals surface area contributed by atoms with Gasteiger partial charge in [-0.05, 0) is 66.9 Å². The maximum absolute atomic E-state index is 13.2. The van der Waals surface area contributed by atoms with Crippen LogP contribution in [0.25, 0.3) is 22.0 Å². The summed E-state index contributed by atoms with van der Waals surface area (Å²) in [5, 5.41) is 19.5. The molecular formula is C31H32N4O5. The van der Waals surface area contributed by atoms with E-state index in [1.165, 1.54) is 0 Å². The molecule has 0 aliphatic carbocycles. The van der Waals surface area contributed by atoms with Crippen LogP contribution in [0.2, 0.25) is 0 Å². The zero-order valence-corrected chi connectivity index (χ0v) is 22.4. The fourth-order valence-electron chi connectivity index (χ4n) is 5.47. The van der Waals surface area contributed by atoms with E-state index in [1.807, 2.05) is 48.3 Å². The zero-order valence-electron chi connectivity index (χ0n) is 22.4. The molecule has 2 N–H and O–H groups in total. The van der Waals surface area contributed by atoms with E-state index in [0.29, 0.717) is 36.8 Å². The summed E-state index contributed by atoms with van der Waals surface area (Å²) in [5.41, 5.74) is 3.85. The lowest BCUT2D eigenvalue weighted by Gasteiger charge is -2.29. The molecule has 206 valence electrons. The lowest BCUT2D eigenvalue weighted by atomic mass is 9.99. The van der Waals surface area contributed by atoms with Gasteiger partial charge >= 0.3 is 0 Å². The van der Waals surface area contributed by atoms with Gasteiger partial charge in [0.25, 0.3) is 5.91 Å². The molecule has 3 heterocycles. The Hall–Kier alpha value is -4.21. The first-order valence-corrected chi connectivity index (χ1v) is 13.6. The third kappa shape index (κ3) is 5.30. The Morgan fingerprint density at radius 2 is 1.68 bits per heavy atom. The Labute approximate surface area is 232 Å². The second kappa shape index (κ2) is 11.1. The number of hydrogen-bond acceptors (Lipinski definition) is 7. The van der Waals surface area contributed by atoms with Crippen molar-refractivity contribution in [3.8, 4) is 22.6 Å². The molecule has 2 atom stereocenters. The molecule has 3 aromatic carbocycles. The van der Waals surface area contributed by atoms with Crippen LogP contribution in [-0.2, 0) is 11.8 Å². The van der Waals surface area contributed by atoms with Crippen molar-refractivity contribution in [3.63, 3.8) is 0 Å². The standard InChI is InChI=1S/C31H32N4O5/c1-34-26-10-8-22(16-24(26)18-32-34)20-4-6-21(7-5-20)30(37)31(38)33-25(19-35-12-2-3-13-35)29(36)23-9-11-27-28(17-23)40-15-14-39-27/h4-11,16-18,25,29,36H,2-3,12-15,19H2,1H3,(H,33,38)/t25-,29-/m1/s1. The van der Waals surface area contributed by atoms with Gasteiger partial charge in [-0.1, -0.05) is 36.4 Å². The number of likely N-dealkylation sites (tertiary alicyclic amines) is 1. The van der Waals surface area contributed by atoms with Gasteiger partial charge in [0.05, 0.1) is 17.8 Å². The van der Waals surface area contributed by atoms with Crippen molar-refractivity contribution < 1.29 is 24.2 Å². The second-order valence-corrected chi connectivity index (χ2v) is 10.4. The molecule has 6 rings (SSSR count). The molecule has 0 saturated carbocycles. The summed E-state index contributed by atoms with van der Waals surface area (Å²) in [7, 11) is 1.90. The number of carbonyl (C=O) groups is 2. The first kappa shape index (κ1) is 26.0. The second-order valence-electron chi connectivity index (χ2n) is 10.4. The van der Waals surface area contributed by atoms with E-state index in [9.17, 15) is 14.7 Å². The van der Waals surface area contributed by atoms with Gasteiger partial charge in [-0.25, -0.2) is 0 Å². The van der Waals surface area contributed by atoms with Gasteiger partial charge in [-0.2, -0.15) is 5.10 Å². The third-order valence-electron chi connectivity index (χ3n) is 7.69. The number of aliphatic hydroxyl groups is 1. The average molecular weight is 541 g/mol. The fraction of sp³-hybridized carbons (Fsp3) is 0.323. The van der Waals surface area contributed by atoms with Gasteiger partial charge in [0.2, 0.25) is 5.78 Å². The van der Waals surface area contributed by atoms with E-state index >= 15 is 0 Å². The molecular weight excluding hydrogens is 508 g/mol. The SMILES string of the molecule is Cn1ncc2cc(-c3ccc(C(=O)C(=O)N[C@H](CN4CCCC4)[C@H](O)c4ccc5c(c4)OCCO5)cc3)ccc21. The van der Waals surface area contributed by atoms with E-state index in [1.54, 1.807) is 30.3 Å². The molecule has 1 saturated heterocycles. The minimum atomic E-state index is -1.03. The Bertz CT molecular complexity index is 1540. The topological polar surface area (TPSA) is 106 Å². The molecule has 40 heavy (non-hydrogen) atoms. The monoisotopic (exact) mass is 540 g/mol. The highest BCUT2D eigenvalue weighted by molar-refractivity contribution is 6.42. The van der Waals surface area contributed by atoms with Gasteiger partial charge in [0, 0.05) is 24.5 Å². The fourth-order valence-corrected chi connectivity index (χ4v) is 5.47. The van der Waals surface area contributed by atoms with E-state index in [4.69, 9.17) is 9.47 Å². The Kier molecular flexibility index (Phi) is 7.23. The molecule has 2 aliphatic rings. The molecule has 0 unspecified atom stereocenters. The van der Waals surface area contributed by atoms with Crippen LogP contribution < -0.4 is 14.8 Å². The van der Waals surface area contributed by atoms with Crippen LogP contribution in [-0.4, -0.2) is 70.4 Å². The number of benzene rings is 3. The number of fused-ring (bicyclic) bond motifs is 2. The number of rotatable bonds is 8. The molecule has 1 aromatic heterocycles. The normalized spacial score (nSPS) is 16.6. The van der Waals surface area contributed by atoms with Crippen molar-refractivity contribution in [2.75, 3.05) is 32.8 Å². The molecule has 2 aliphatic heterocycles. The summed E-state index contributed by atoms with van der Waals surface area (Å²) in [6, 6.07) is 17.7. The van der Waals surface area contributed by atoms with Gasteiger partial charge in [-0.15, -0.1) is 0 Å². The smallest absolute Gasteiger partial charge is 0.292 e. The number of ether oxygens (including phenoxy) is 2. The summed E-state index contributed by atoms with van der Waals surface area (Å²) < 4.78 is 13.1. The van der Waals surface area contributed by atoms with Crippen molar-refractivity contribution in [1.29, 1.82) is 0 Å². The molecule has 0 radical (unpaired) electrons. The molecule has 1 amide bonds. The van der Waals surface area contributed by atoms with Crippen LogP contribution in [0, 0.1) is 0 Å². The summed E-state index contributed by atoms with van der Waals surface area (Å²) in [6.07, 6.45) is 2.93. The molecule has 4 aromatic rings. The van der Waals surface area contributed by atoms with Crippen LogP contribution in [0.1, 0.15) is 34.9 Å². The van der Waals surface area contributed by atoms with E-state index < -0.39 is 23.8 Å². The van der Waals surface area contributed by atoms with Crippen molar-refractivity contribution in [2.24, 2.45) is 7.05 Å². The number of nitrogens with zero attached hydrogens (tertiary/aromatic N) is 3. The van der Waals surface area contributed by atoms with Crippen LogP contribution in [0.4, 0.5) is 0 Å². The van der Waals surface area contributed by atoms with Crippen molar-refractivity contribution in [2.45, 2.75) is 25.0 Å². The van der Waals surface area contributed by atoms with Gasteiger partial charge in [0.15, 0.2) is 11.5 Å². The van der Waals surface area contributed by atoms with Crippen molar-refractivity contribution >= 4 is 22.6 Å². The zero-order chi connectivity index (χ0) is 27.6. The predicted octanol–water partition coefficient (Wildman–Crippen LogP) is 3.51. The average Bonchev–Trinajstić information content (AvgIpc) is 3.65. The number of aliphatic hydroxyl groups excluding tert-OH is 1. The van der Waals surface area contributed by atoms with E-state index in [-0.39, 0.29) is 5.56 Å². The summed E-state index contributed by atoms with van der Waals surface area (Å²) in [6.45, 7) is 3.13. The highest BCUT2D eigenvalue weighted by atomic mass is 16.6. The predicted molar refractivity (Wildman–Crippen MR) is 150 cm³/mol. The van der Waals surface area contributed by atoms with Crippen LogP contribution in [0.5, 0.6) is 11.5 Å². The summed E-state index contributed by atoms with van der Waals surface area (Å²) in [4.78, 5) is 28.5. The highest BCUT2D eigenvalue weighted by Crippen LogP contribution is 2.33. The number of amides is 1. The molecule has 0 spiro atoms. The molecule has 0 bridgehead atoms. The lowest BCUT2D eigenvalue weighted by Crippen LogP contribution is -2.48. The Morgan fingerprint density at radius 1 is 0.950 bits per heavy atom. The van der Waals surface area contributed by atoms with Gasteiger partial charge in [-0.3, -0.25) is 14.3 Å². The summed E-state index contributed by atoms with van der Waals surface area (Å²) in [5.74, 6) is -0.199. The number of Topliss-reactive ketones (excluding diaryl/α,β-unsaturated/α-hetero) is 1. The number of carbonyl (C=O) groups excluding carboxylic acids is 2. The lowest BCUT2D eigenvalue weighted by molar-refractivity contribution is -0.118. The first-order chi connectivity index (χ1) is 19.5. The highest BCUT2D eigenvalue weighted by Gasteiger charge is 2.30. The number of aryl methyl sites for hydroxylation is 1. The number of ketones is 1. The summed E-state index contributed by atoms with van der Waals surface area (Å²) >= 11 is 0. The van der Waals surface area contributed by atoms with Gasteiger partial charge in [0.1, 0.15) is 19.3 Å². The van der Waals surface area contributed by atoms with Crippen molar-refractivity contribution in [1.82, 2.24) is 20.0 Å². The number of hydrogen-bond donors (Lipinski definition) is 2. The quantitative estimate of drug-likeness (QED) is 0.260. The number of aromatic nitrogens is 2. The molecule has 1 fully saturated rings. The molecule has 9 heteroatoms. The largest absolute Gasteiger partial charge is 0.486 e. The van der Waals surface area contributed by atoms with Gasteiger partial charge < -0.3 is 24.8 Å². The van der Waals surface area contributed by atoms with Crippen LogP contribution in [0.15, 0.2) is 66.9 Å². The number of nitrogens with one attached hydrogen (secondary N) is 1. The van der Waals surface area contributed by atoms with Crippen molar-refractivity contribution in [3.05, 3.63) is 78.0 Å². The maximum atomic E-state index is 13.2. The maximum Gasteiger partial charge on any atom is 0.292 e. The van der Waals surface area contributed by atoms with Crippen LogP contribution >= 0.6 is 0 Å². The minimum Gasteiger partial charge on any atom is -0.486 e. The Balaban J connectivity index is 1.18. The van der Waals surface area contributed by atoms with E-state index in [2.05, 4.69) is 15.3 Å². The Morgan fingerprint density at radius 3 is 2.45 bits per heavy atom. The van der Waals surface area contributed by atoms with E-state index in [0.717, 1.165) is 48.0 Å².